The molecule has 1 saturated heterocycles. The average Bonchev–Trinajstić information content (AvgIpc) is 3.00. The van der Waals surface area contributed by atoms with Crippen LogP contribution in [-0.2, 0) is 0 Å². The third-order valence-electron chi connectivity index (χ3n) is 4.85. The van der Waals surface area contributed by atoms with Gasteiger partial charge in [-0.3, -0.25) is 4.79 Å². The number of nitrogens with zero attached hydrogens (tertiary/aromatic N) is 1. The molecule has 22 heavy (non-hydrogen) atoms. The van der Waals surface area contributed by atoms with Crippen LogP contribution in [0.15, 0.2) is 18.2 Å². The molecule has 0 saturated carbocycles. The molecule has 5 nitrogen and oxygen atoms in total. The molecular weight excluding hydrogens is 278 g/mol. The van der Waals surface area contributed by atoms with Gasteiger partial charge in [-0.1, -0.05) is 12.1 Å². The van der Waals surface area contributed by atoms with E-state index in [0.29, 0.717) is 25.1 Å². The molecule has 0 radical (unpaired) electrons. The fraction of sp³-hybridized carbons (Fsp3) is 0.471. The standard InChI is InChI=1S/C17H23N3O2/c1-10-11(2)19-16-13(10)4-3-5-14(16)17(22)20-8-12(6-7-21)15(18)9-20/h3-5,12,15,19,21H,6-9,18H2,1-2H3/t12-,15-/m1/s1. The van der Waals surface area contributed by atoms with Gasteiger partial charge in [0.25, 0.3) is 5.91 Å². The van der Waals surface area contributed by atoms with Gasteiger partial charge in [-0.25, -0.2) is 0 Å². The molecule has 1 aromatic heterocycles. The highest BCUT2D eigenvalue weighted by atomic mass is 16.3. The first-order valence-corrected chi connectivity index (χ1v) is 7.76. The molecule has 2 aromatic rings. The zero-order chi connectivity index (χ0) is 15.9. The van der Waals surface area contributed by atoms with Crippen molar-refractivity contribution in [2.45, 2.75) is 26.3 Å². The quantitative estimate of drug-likeness (QED) is 0.804. The Morgan fingerprint density at radius 3 is 2.91 bits per heavy atom. The summed E-state index contributed by atoms with van der Waals surface area (Å²) < 4.78 is 0. The van der Waals surface area contributed by atoms with Gasteiger partial charge in [0, 0.05) is 36.8 Å². The van der Waals surface area contributed by atoms with Crippen molar-refractivity contribution in [3.63, 3.8) is 0 Å². The Labute approximate surface area is 130 Å². The number of aromatic amines is 1. The minimum Gasteiger partial charge on any atom is -0.396 e. The minimum absolute atomic E-state index is 0.0164. The van der Waals surface area contributed by atoms with E-state index in [9.17, 15) is 4.79 Å². The number of rotatable bonds is 3. The molecule has 1 aliphatic heterocycles. The fourth-order valence-corrected chi connectivity index (χ4v) is 3.36. The first-order valence-electron chi connectivity index (χ1n) is 7.76. The SMILES string of the molecule is Cc1[nH]c2c(C(=O)N3C[C@@H](CCO)[C@H](N)C3)cccc2c1C. The number of amides is 1. The second-order valence-electron chi connectivity index (χ2n) is 6.25. The molecule has 0 bridgehead atoms. The van der Waals surface area contributed by atoms with Crippen LogP contribution in [0.1, 0.15) is 28.0 Å². The largest absolute Gasteiger partial charge is 0.396 e. The molecule has 1 aromatic carbocycles. The number of hydrogen-bond donors (Lipinski definition) is 3. The summed E-state index contributed by atoms with van der Waals surface area (Å²) in [4.78, 5) is 18.0. The summed E-state index contributed by atoms with van der Waals surface area (Å²) in [5.41, 5.74) is 9.97. The lowest BCUT2D eigenvalue weighted by Gasteiger charge is -2.16. The molecule has 3 rings (SSSR count). The number of carbonyl (C=O) groups excluding carboxylic acids is 1. The van der Waals surface area contributed by atoms with E-state index in [1.54, 1.807) is 0 Å². The summed E-state index contributed by atoms with van der Waals surface area (Å²) in [6.45, 7) is 5.37. The van der Waals surface area contributed by atoms with Gasteiger partial charge in [-0.15, -0.1) is 0 Å². The second kappa shape index (κ2) is 5.74. The van der Waals surface area contributed by atoms with Crippen molar-refractivity contribution in [2.24, 2.45) is 11.7 Å². The molecule has 118 valence electrons. The first kappa shape index (κ1) is 15.1. The number of aliphatic hydroxyl groups excluding tert-OH is 1. The number of H-pyrrole nitrogens is 1. The van der Waals surface area contributed by atoms with Gasteiger partial charge in [0.15, 0.2) is 0 Å². The highest BCUT2D eigenvalue weighted by Crippen LogP contribution is 2.27. The van der Waals surface area contributed by atoms with Gasteiger partial charge < -0.3 is 20.7 Å². The van der Waals surface area contributed by atoms with Gasteiger partial charge in [0.1, 0.15) is 0 Å². The monoisotopic (exact) mass is 301 g/mol. The molecule has 5 heteroatoms. The summed E-state index contributed by atoms with van der Waals surface area (Å²) in [6.07, 6.45) is 0.649. The number of aryl methyl sites for hydroxylation is 2. The van der Waals surface area contributed by atoms with Crippen LogP contribution in [0, 0.1) is 19.8 Å². The molecule has 2 heterocycles. The van der Waals surface area contributed by atoms with Gasteiger partial charge in [-0.2, -0.15) is 0 Å². The predicted molar refractivity (Wildman–Crippen MR) is 86.8 cm³/mol. The van der Waals surface area contributed by atoms with E-state index in [1.807, 2.05) is 30.0 Å². The number of hydrogen-bond acceptors (Lipinski definition) is 3. The van der Waals surface area contributed by atoms with E-state index >= 15 is 0 Å². The summed E-state index contributed by atoms with van der Waals surface area (Å²) in [7, 11) is 0. The van der Waals surface area contributed by atoms with Crippen LogP contribution in [-0.4, -0.2) is 46.6 Å². The van der Waals surface area contributed by atoms with Crippen LogP contribution in [0.2, 0.25) is 0 Å². The molecule has 1 amide bonds. The smallest absolute Gasteiger partial charge is 0.256 e. The van der Waals surface area contributed by atoms with Gasteiger partial charge in [0.2, 0.25) is 0 Å². The van der Waals surface area contributed by atoms with E-state index in [4.69, 9.17) is 10.8 Å². The molecule has 0 unspecified atom stereocenters. The molecule has 4 N–H and O–H groups in total. The van der Waals surface area contributed by atoms with Crippen molar-refractivity contribution in [1.82, 2.24) is 9.88 Å². The van der Waals surface area contributed by atoms with Crippen LogP contribution >= 0.6 is 0 Å². The summed E-state index contributed by atoms with van der Waals surface area (Å²) in [6, 6.07) is 5.78. The van der Waals surface area contributed by atoms with Gasteiger partial charge in [0.05, 0.1) is 11.1 Å². The van der Waals surface area contributed by atoms with E-state index in [-0.39, 0.29) is 24.5 Å². The predicted octanol–water partition coefficient (Wildman–Crippen LogP) is 1.57. The van der Waals surface area contributed by atoms with Crippen molar-refractivity contribution in [3.8, 4) is 0 Å². The van der Waals surface area contributed by atoms with E-state index in [1.165, 1.54) is 5.56 Å². The Bertz CT molecular complexity index is 707. The maximum Gasteiger partial charge on any atom is 0.256 e. The number of benzene rings is 1. The zero-order valence-electron chi connectivity index (χ0n) is 13.1. The van der Waals surface area contributed by atoms with Crippen LogP contribution in [0.25, 0.3) is 10.9 Å². The third-order valence-corrected chi connectivity index (χ3v) is 4.85. The summed E-state index contributed by atoms with van der Waals surface area (Å²) in [5.74, 6) is 0.197. The number of aromatic nitrogens is 1. The normalized spacial score (nSPS) is 21.7. The number of para-hydroxylation sites is 1. The van der Waals surface area contributed by atoms with Crippen molar-refractivity contribution in [3.05, 3.63) is 35.0 Å². The maximum atomic E-state index is 12.9. The van der Waals surface area contributed by atoms with Crippen LogP contribution in [0.3, 0.4) is 0 Å². The Morgan fingerprint density at radius 1 is 1.41 bits per heavy atom. The Morgan fingerprint density at radius 2 is 2.18 bits per heavy atom. The number of nitrogens with one attached hydrogen (secondary N) is 1. The summed E-state index contributed by atoms with van der Waals surface area (Å²) in [5, 5.41) is 10.2. The first-order chi connectivity index (χ1) is 10.5. The minimum atomic E-state index is -0.0533. The maximum absolute atomic E-state index is 12.9. The van der Waals surface area contributed by atoms with Crippen molar-refractivity contribution >= 4 is 16.8 Å². The highest BCUT2D eigenvalue weighted by Gasteiger charge is 2.33. The van der Waals surface area contributed by atoms with Gasteiger partial charge in [-0.05, 0) is 37.8 Å². The average molecular weight is 301 g/mol. The van der Waals surface area contributed by atoms with E-state index < -0.39 is 0 Å². The van der Waals surface area contributed by atoms with Gasteiger partial charge >= 0.3 is 0 Å². The number of fused-ring (bicyclic) bond motifs is 1. The van der Waals surface area contributed by atoms with Crippen molar-refractivity contribution in [1.29, 1.82) is 0 Å². The third kappa shape index (κ3) is 2.40. The number of carbonyl (C=O) groups is 1. The fourth-order valence-electron chi connectivity index (χ4n) is 3.36. The highest BCUT2D eigenvalue weighted by molar-refractivity contribution is 6.06. The number of nitrogens with two attached hydrogens (primary N) is 1. The van der Waals surface area contributed by atoms with E-state index in [2.05, 4.69) is 11.9 Å². The lowest BCUT2D eigenvalue weighted by molar-refractivity contribution is 0.0785. The Hall–Kier alpha value is -1.85. The summed E-state index contributed by atoms with van der Waals surface area (Å²) >= 11 is 0. The lowest BCUT2D eigenvalue weighted by Crippen LogP contribution is -2.32. The number of aliphatic hydroxyl groups is 1. The Kier molecular flexibility index (Phi) is 3.93. The van der Waals surface area contributed by atoms with Crippen LogP contribution in [0.5, 0.6) is 0 Å². The molecule has 1 fully saturated rings. The molecule has 0 spiro atoms. The zero-order valence-corrected chi connectivity index (χ0v) is 13.1. The lowest BCUT2D eigenvalue weighted by atomic mass is 10.0. The molecule has 0 aliphatic carbocycles. The van der Waals surface area contributed by atoms with Crippen molar-refractivity contribution < 1.29 is 9.90 Å². The Balaban J connectivity index is 1.92. The number of likely N-dealkylation sites (tertiary alicyclic amines) is 1. The van der Waals surface area contributed by atoms with Crippen molar-refractivity contribution in [2.75, 3.05) is 19.7 Å². The topological polar surface area (TPSA) is 82.3 Å². The second-order valence-corrected chi connectivity index (χ2v) is 6.25. The molecule has 2 atom stereocenters. The van der Waals surface area contributed by atoms with Crippen LogP contribution < -0.4 is 5.73 Å². The molecular formula is C17H23N3O2. The van der Waals surface area contributed by atoms with Crippen LogP contribution in [0.4, 0.5) is 0 Å². The van der Waals surface area contributed by atoms with E-state index in [0.717, 1.165) is 16.6 Å². The molecule has 1 aliphatic rings.